The van der Waals surface area contributed by atoms with Crippen molar-refractivity contribution >= 4 is 27.5 Å². The van der Waals surface area contributed by atoms with Crippen molar-refractivity contribution in [1.29, 1.82) is 0 Å². The number of amides is 1. The van der Waals surface area contributed by atoms with Crippen molar-refractivity contribution in [3.63, 3.8) is 0 Å². The molecule has 1 aromatic carbocycles. The number of carbonyl (C=O) groups is 1. The Bertz CT molecular complexity index is 393. The SMILES string of the molecule is CC(C)C(CN)C(=O)N(C)c1cccc(Br)c1. The summed E-state index contributed by atoms with van der Waals surface area (Å²) in [4.78, 5) is 13.9. The smallest absolute Gasteiger partial charge is 0.231 e. The van der Waals surface area contributed by atoms with Crippen molar-refractivity contribution in [2.75, 3.05) is 18.5 Å². The maximum absolute atomic E-state index is 12.3. The predicted molar refractivity (Wildman–Crippen MR) is 74.9 cm³/mol. The van der Waals surface area contributed by atoms with Gasteiger partial charge in [-0.25, -0.2) is 0 Å². The Kier molecular flexibility index (Phi) is 5.15. The second kappa shape index (κ2) is 6.17. The molecular formula is C13H19BrN2O. The third kappa shape index (κ3) is 3.54. The summed E-state index contributed by atoms with van der Waals surface area (Å²) >= 11 is 3.40. The van der Waals surface area contributed by atoms with Gasteiger partial charge in [0.05, 0.1) is 5.92 Å². The van der Waals surface area contributed by atoms with Crippen molar-refractivity contribution in [2.45, 2.75) is 13.8 Å². The lowest BCUT2D eigenvalue weighted by atomic mass is 9.94. The summed E-state index contributed by atoms with van der Waals surface area (Å²) in [6.45, 7) is 4.42. The number of anilines is 1. The monoisotopic (exact) mass is 298 g/mol. The highest BCUT2D eigenvalue weighted by Gasteiger charge is 2.24. The van der Waals surface area contributed by atoms with Gasteiger partial charge >= 0.3 is 0 Å². The Morgan fingerprint density at radius 1 is 1.47 bits per heavy atom. The largest absolute Gasteiger partial charge is 0.330 e. The zero-order valence-electron chi connectivity index (χ0n) is 10.5. The molecule has 0 spiro atoms. The van der Waals surface area contributed by atoms with Gasteiger partial charge < -0.3 is 10.6 Å². The molecule has 1 rings (SSSR count). The van der Waals surface area contributed by atoms with Crippen LogP contribution in [0, 0.1) is 11.8 Å². The molecule has 1 unspecified atom stereocenters. The van der Waals surface area contributed by atoms with Crippen molar-refractivity contribution in [3.05, 3.63) is 28.7 Å². The molecule has 2 N–H and O–H groups in total. The molecule has 3 nitrogen and oxygen atoms in total. The van der Waals surface area contributed by atoms with Gasteiger partial charge in [0.25, 0.3) is 0 Å². The first kappa shape index (κ1) is 14.2. The Labute approximate surface area is 111 Å². The van der Waals surface area contributed by atoms with Crippen LogP contribution in [0.15, 0.2) is 28.7 Å². The lowest BCUT2D eigenvalue weighted by Crippen LogP contribution is -2.39. The third-order valence-electron chi connectivity index (χ3n) is 2.90. The number of hydrogen-bond acceptors (Lipinski definition) is 2. The van der Waals surface area contributed by atoms with E-state index in [1.807, 2.05) is 38.1 Å². The number of halogens is 1. The number of nitrogens with zero attached hydrogens (tertiary/aromatic N) is 1. The molecule has 1 atom stereocenters. The van der Waals surface area contributed by atoms with E-state index in [0.717, 1.165) is 10.2 Å². The molecular weight excluding hydrogens is 280 g/mol. The molecule has 0 aliphatic rings. The van der Waals surface area contributed by atoms with Crippen LogP contribution in [0.2, 0.25) is 0 Å². The first-order valence-electron chi connectivity index (χ1n) is 5.70. The van der Waals surface area contributed by atoms with Gasteiger partial charge in [0.1, 0.15) is 0 Å². The number of nitrogens with two attached hydrogens (primary N) is 1. The van der Waals surface area contributed by atoms with Crippen molar-refractivity contribution in [2.24, 2.45) is 17.6 Å². The van der Waals surface area contributed by atoms with Crippen molar-refractivity contribution < 1.29 is 4.79 Å². The maximum atomic E-state index is 12.3. The summed E-state index contributed by atoms with van der Waals surface area (Å²) in [6.07, 6.45) is 0. The number of benzene rings is 1. The van der Waals surface area contributed by atoms with Gasteiger partial charge in [-0.2, -0.15) is 0 Å². The molecule has 17 heavy (non-hydrogen) atoms. The minimum Gasteiger partial charge on any atom is -0.330 e. The van der Waals surface area contributed by atoms with E-state index in [4.69, 9.17) is 5.73 Å². The minimum absolute atomic E-state index is 0.0700. The summed E-state index contributed by atoms with van der Waals surface area (Å²) < 4.78 is 0.962. The van der Waals surface area contributed by atoms with Gasteiger partial charge in [0.2, 0.25) is 5.91 Å². The number of hydrogen-bond donors (Lipinski definition) is 1. The van der Waals surface area contributed by atoms with E-state index >= 15 is 0 Å². The van der Waals surface area contributed by atoms with Gasteiger partial charge in [-0.05, 0) is 24.1 Å². The first-order valence-corrected chi connectivity index (χ1v) is 6.50. The van der Waals surface area contributed by atoms with Crippen LogP contribution in [0.3, 0.4) is 0 Å². The predicted octanol–water partition coefficient (Wildman–Crippen LogP) is 2.64. The summed E-state index contributed by atoms with van der Waals surface area (Å²) in [5, 5.41) is 0. The van der Waals surface area contributed by atoms with Gasteiger partial charge in [-0.1, -0.05) is 35.8 Å². The van der Waals surface area contributed by atoms with E-state index in [-0.39, 0.29) is 17.7 Å². The fourth-order valence-corrected chi connectivity index (χ4v) is 2.11. The number of rotatable bonds is 4. The van der Waals surface area contributed by atoms with Crippen LogP contribution in [0.4, 0.5) is 5.69 Å². The quantitative estimate of drug-likeness (QED) is 0.929. The topological polar surface area (TPSA) is 46.3 Å². The fraction of sp³-hybridized carbons (Fsp3) is 0.462. The Morgan fingerprint density at radius 3 is 2.59 bits per heavy atom. The van der Waals surface area contributed by atoms with Crippen molar-refractivity contribution in [3.8, 4) is 0 Å². The third-order valence-corrected chi connectivity index (χ3v) is 3.40. The van der Waals surface area contributed by atoms with E-state index in [1.54, 1.807) is 11.9 Å². The molecule has 1 amide bonds. The summed E-state index contributed by atoms with van der Waals surface area (Å²) in [6, 6.07) is 7.68. The van der Waals surface area contributed by atoms with Crippen LogP contribution in [-0.4, -0.2) is 19.5 Å². The van der Waals surface area contributed by atoms with Gasteiger partial charge in [-0.15, -0.1) is 0 Å². The van der Waals surface area contributed by atoms with E-state index in [1.165, 1.54) is 0 Å². The van der Waals surface area contributed by atoms with Crippen LogP contribution in [0.1, 0.15) is 13.8 Å². The second-order valence-corrected chi connectivity index (χ2v) is 5.38. The molecule has 0 saturated carbocycles. The molecule has 0 radical (unpaired) electrons. The standard InChI is InChI=1S/C13H19BrN2O/c1-9(2)12(8-15)13(17)16(3)11-6-4-5-10(14)7-11/h4-7,9,12H,8,15H2,1-3H3. The minimum atomic E-state index is -0.126. The van der Waals surface area contributed by atoms with Crippen LogP contribution in [-0.2, 0) is 4.79 Å². The van der Waals surface area contributed by atoms with E-state index in [2.05, 4.69) is 15.9 Å². The highest BCUT2D eigenvalue weighted by Crippen LogP contribution is 2.22. The highest BCUT2D eigenvalue weighted by molar-refractivity contribution is 9.10. The Balaban J connectivity index is 2.89. The average Bonchev–Trinajstić information content (AvgIpc) is 2.28. The van der Waals surface area contributed by atoms with Gasteiger partial charge in [0, 0.05) is 23.8 Å². The first-order chi connectivity index (χ1) is 7.97. The van der Waals surface area contributed by atoms with Gasteiger partial charge in [0.15, 0.2) is 0 Å². The van der Waals surface area contributed by atoms with Crippen LogP contribution in [0.25, 0.3) is 0 Å². The van der Waals surface area contributed by atoms with Crippen LogP contribution >= 0.6 is 15.9 Å². The highest BCUT2D eigenvalue weighted by atomic mass is 79.9. The van der Waals surface area contributed by atoms with Crippen LogP contribution < -0.4 is 10.6 Å². The van der Waals surface area contributed by atoms with E-state index in [0.29, 0.717) is 6.54 Å². The van der Waals surface area contributed by atoms with E-state index < -0.39 is 0 Å². The summed E-state index contributed by atoms with van der Waals surface area (Å²) in [5.74, 6) is 0.196. The van der Waals surface area contributed by atoms with Gasteiger partial charge in [-0.3, -0.25) is 4.79 Å². The molecule has 4 heteroatoms. The zero-order chi connectivity index (χ0) is 13.0. The molecule has 0 aliphatic heterocycles. The molecule has 0 bridgehead atoms. The molecule has 0 heterocycles. The van der Waals surface area contributed by atoms with Crippen LogP contribution in [0.5, 0.6) is 0 Å². The Hall–Kier alpha value is -0.870. The Morgan fingerprint density at radius 2 is 2.12 bits per heavy atom. The zero-order valence-corrected chi connectivity index (χ0v) is 12.1. The fourth-order valence-electron chi connectivity index (χ4n) is 1.72. The molecule has 0 aromatic heterocycles. The average molecular weight is 299 g/mol. The molecule has 1 aromatic rings. The second-order valence-electron chi connectivity index (χ2n) is 4.46. The normalized spacial score (nSPS) is 12.6. The summed E-state index contributed by atoms with van der Waals surface area (Å²) in [7, 11) is 1.79. The lowest BCUT2D eigenvalue weighted by molar-refractivity contribution is -0.123. The molecule has 0 fully saturated rings. The molecule has 94 valence electrons. The van der Waals surface area contributed by atoms with Crippen molar-refractivity contribution in [1.82, 2.24) is 0 Å². The van der Waals surface area contributed by atoms with E-state index in [9.17, 15) is 4.79 Å². The molecule has 0 saturated heterocycles. The maximum Gasteiger partial charge on any atom is 0.231 e. The number of carbonyl (C=O) groups excluding carboxylic acids is 1. The lowest BCUT2D eigenvalue weighted by Gasteiger charge is -2.25. The summed E-state index contributed by atoms with van der Waals surface area (Å²) in [5.41, 5.74) is 6.54. The molecule has 0 aliphatic carbocycles.